The Labute approximate surface area is 94.5 Å². The normalized spacial score (nSPS) is 37.7. The molecule has 2 unspecified atom stereocenters. The number of hydrogen-bond donors (Lipinski definition) is 1. The summed E-state index contributed by atoms with van der Waals surface area (Å²) in [7, 11) is 0. The number of carbonyl (C=O) groups excluding carboxylic acids is 1. The first-order chi connectivity index (χ1) is 7.69. The summed E-state index contributed by atoms with van der Waals surface area (Å²) >= 11 is 0. The molecule has 2 bridgehead atoms. The highest BCUT2D eigenvalue weighted by atomic mass is 16.3. The monoisotopic (exact) mass is 217 g/mol. The van der Waals surface area contributed by atoms with Gasteiger partial charge in [-0.1, -0.05) is 6.07 Å². The van der Waals surface area contributed by atoms with E-state index < -0.39 is 5.60 Å². The predicted molar refractivity (Wildman–Crippen MR) is 58.6 cm³/mol. The van der Waals surface area contributed by atoms with Gasteiger partial charge in [-0.25, -0.2) is 0 Å². The van der Waals surface area contributed by atoms with E-state index in [0.717, 1.165) is 18.5 Å². The van der Waals surface area contributed by atoms with Gasteiger partial charge in [-0.3, -0.25) is 9.78 Å². The average Bonchev–Trinajstić information content (AvgIpc) is 2.54. The van der Waals surface area contributed by atoms with Crippen LogP contribution in [0.2, 0.25) is 0 Å². The molecule has 0 aromatic carbocycles. The molecule has 3 rings (SSSR count). The Hall–Kier alpha value is -1.22. The van der Waals surface area contributed by atoms with Crippen molar-refractivity contribution in [3.63, 3.8) is 0 Å². The van der Waals surface area contributed by atoms with E-state index in [-0.39, 0.29) is 11.8 Å². The van der Waals surface area contributed by atoms with Gasteiger partial charge >= 0.3 is 0 Å². The SMILES string of the molecule is O=C1C2CCC1CC(O)(c1ccccn1)C2. The van der Waals surface area contributed by atoms with Crippen LogP contribution in [-0.4, -0.2) is 15.9 Å². The fourth-order valence-corrected chi connectivity index (χ4v) is 3.17. The van der Waals surface area contributed by atoms with Crippen molar-refractivity contribution in [3.8, 4) is 0 Å². The molecule has 3 nitrogen and oxygen atoms in total. The van der Waals surface area contributed by atoms with Crippen LogP contribution < -0.4 is 0 Å². The van der Waals surface area contributed by atoms with Gasteiger partial charge in [0.1, 0.15) is 11.4 Å². The largest absolute Gasteiger partial charge is 0.384 e. The predicted octanol–water partition coefficient (Wildman–Crippen LogP) is 1.66. The van der Waals surface area contributed by atoms with Gasteiger partial charge < -0.3 is 5.11 Å². The molecule has 0 saturated heterocycles. The number of carbonyl (C=O) groups is 1. The Balaban J connectivity index is 1.94. The number of ketones is 1. The van der Waals surface area contributed by atoms with Crippen LogP contribution in [0, 0.1) is 11.8 Å². The first-order valence-corrected chi connectivity index (χ1v) is 5.87. The second-order valence-corrected chi connectivity index (χ2v) is 5.03. The van der Waals surface area contributed by atoms with Crippen molar-refractivity contribution in [2.24, 2.45) is 11.8 Å². The maximum absolute atomic E-state index is 11.8. The fourth-order valence-electron chi connectivity index (χ4n) is 3.17. The third-order valence-corrected chi connectivity index (χ3v) is 3.98. The highest BCUT2D eigenvalue weighted by Crippen LogP contribution is 2.47. The number of aliphatic hydroxyl groups is 1. The second kappa shape index (κ2) is 3.39. The first-order valence-electron chi connectivity index (χ1n) is 5.87. The van der Waals surface area contributed by atoms with Gasteiger partial charge in [0.2, 0.25) is 0 Å². The molecule has 1 aromatic heterocycles. The van der Waals surface area contributed by atoms with E-state index in [0.29, 0.717) is 18.6 Å². The molecule has 16 heavy (non-hydrogen) atoms. The summed E-state index contributed by atoms with van der Waals surface area (Å²) in [6.45, 7) is 0. The lowest BCUT2D eigenvalue weighted by atomic mass is 9.75. The zero-order valence-electron chi connectivity index (χ0n) is 9.10. The molecular weight excluding hydrogens is 202 g/mol. The second-order valence-electron chi connectivity index (χ2n) is 5.03. The lowest BCUT2D eigenvalue weighted by Crippen LogP contribution is -2.39. The Morgan fingerprint density at radius 2 is 1.94 bits per heavy atom. The van der Waals surface area contributed by atoms with E-state index in [1.165, 1.54) is 0 Å². The average molecular weight is 217 g/mol. The molecular formula is C13H15NO2. The minimum Gasteiger partial charge on any atom is -0.384 e. The van der Waals surface area contributed by atoms with Crippen molar-refractivity contribution in [1.29, 1.82) is 0 Å². The van der Waals surface area contributed by atoms with Gasteiger partial charge in [-0.15, -0.1) is 0 Å². The van der Waals surface area contributed by atoms with Gasteiger partial charge in [0.15, 0.2) is 0 Å². The molecule has 2 fully saturated rings. The van der Waals surface area contributed by atoms with Crippen LogP contribution in [0.1, 0.15) is 31.4 Å². The van der Waals surface area contributed by atoms with E-state index in [9.17, 15) is 9.90 Å². The van der Waals surface area contributed by atoms with Crippen LogP contribution in [0.15, 0.2) is 24.4 Å². The number of rotatable bonds is 1. The van der Waals surface area contributed by atoms with Crippen molar-refractivity contribution in [2.45, 2.75) is 31.3 Å². The van der Waals surface area contributed by atoms with Gasteiger partial charge in [-0.05, 0) is 37.8 Å². The first kappa shape index (κ1) is 9.97. The van der Waals surface area contributed by atoms with E-state index in [1.54, 1.807) is 6.20 Å². The number of Topliss-reactive ketones (excluding diaryl/α,β-unsaturated/α-hetero) is 1. The number of nitrogens with zero attached hydrogens (tertiary/aromatic N) is 1. The van der Waals surface area contributed by atoms with Crippen LogP contribution in [0.4, 0.5) is 0 Å². The Morgan fingerprint density at radius 3 is 2.50 bits per heavy atom. The minimum absolute atomic E-state index is 0.0609. The Morgan fingerprint density at radius 1 is 1.25 bits per heavy atom. The smallest absolute Gasteiger partial charge is 0.139 e. The van der Waals surface area contributed by atoms with Crippen molar-refractivity contribution < 1.29 is 9.90 Å². The van der Waals surface area contributed by atoms with Crippen LogP contribution >= 0.6 is 0 Å². The zero-order valence-corrected chi connectivity index (χ0v) is 9.10. The summed E-state index contributed by atoms with van der Waals surface area (Å²) in [5, 5.41) is 10.6. The summed E-state index contributed by atoms with van der Waals surface area (Å²) in [5.41, 5.74) is -0.152. The van der Waals surface area contributed by atoms with Gasteiger partial charge in [-0.2, -0.15) is 0 Å². The van der Waals surface area contributed by atoms with Gasteiger partial charge in [0.05, 0.1) is 5.69 Å². The number of aromatic nitrogens is 1. The molecule has 1 heterocycles. The molecule has 1 N–H and O–H groups in total. The molecule has 2 aliphatic carbocycles. The van der Waals surface area contributed by atoms with Crippen molar-refractivity contribution in [3.05, 3.63) is 30.1 Å². The standard InChI is InChI=1S/C13H15NO2/c15-12-9-4-5-10(12)8-13(16,7-9)11-3-1-2-6-14-11/h1-3,6,9-10,16H,4-5,7-8H2. The molecule has 2 saturated carbocycles. The minimum atomic E-state index is -0.874. The highest BCUT2D eigenvalue weighted by Gasteiger charge is 2.49. The highest BCUT2D eigenvalue weighted by molar-refractivity contribution is 5.86. The fraction of sp³-hybridized carbons (Fsp3) is 0.538. The van der Waals surface area contributed by atoms with Crippen LogP contribution in [-0.2, 0) is 10.4 Å². The summed E-state index contributed by atoms with van der Waals surface area (Å²) in [6, 6.07) is 5.59. The molecule has 2 atom stereocenters. The van der Waals surface area contributed by atoms with Gasteiger partial charge in [0.25, 0.3) is 0 Å². The van der Waals surface area contributed by atoms with Crippen molar-refractivity contribution >= 4 is 5.78 Å². The maximum atomic E-state index is 11.8. The molecule has 0 spiro atoms. The molecule has 0 amide bonds. The van der Waals surface area contributed by atoms with E-state index in [4.69, 9.17) is 0 Å². The van der Waals surface area contributed by atoms with E-state index in [2.05, 4.69) is 4.98 Å². The van der Waals surface area contributed by atoms with Crippen LogP contribution in [0.25, 0.3) is 0 Å². The lowest BCUT2D eigenvalue weighted by molar-refractivity contribution is -0.134. The lowest BCUT2D eigenvalue weighted by Gasteiger charge is -2.34. The number of hydrogen-bond acceptors (Lipinski definition) is 3. The molecule has 1 aromatic rings. The van der Waals surface area contributed by atoms with Crippen LogP contribution in [0.5, 0.6) is 0 Å². The van der Waals surface area contributed by atoms with E-state index >= 15 is 0 Å². The maximum Gasteiger partial charge on any atom is 0.139 e. The Kier molecular flexibility index (Phi) is 2.11. The summed E-state index contributed by atoms with van der Waals surface area (Å²) in [6.07, 6.45) is 4.70. The third-order valence-electron chi connectivity index (χ3n) is 3.98. The topological polar surface area (TPSA) is 50.2 Å². The molecule has 3 heteroatoms. The molecule has 84 valence electrons. The third kappa shape index (κ3) is 1.39. The van der Waals surface area contributed by atoms with Crippen molar-refractivity contribution in [2.75, 3.05) is 0 Å². The summed E-state index contributed by atoms with van der Waals surface area (Å²) < 4.78 is 0. The van der Waals surface area contributed by atoms with Gasteiger partial charge in [0, 0.05) is 18.0 Å². The number of pyridine rings is 1. The Bertz CT molecular complexity index is 399. The summed E-state index contributed by atoms with van der Waals surface area (Å²) in [4.78, 5) is 16.0. The number of fused-ring (bicyclic) bond motifs is 2. The molecule has 0 radical (unpaired) electrons. The molecule has 0 aliphatic heterocycles. The molecule has 2 aliphatic rings. The summed E-state index contributed by atoms with van der Waals surface area (Å²) in [5.74, 6) is 0.483. The van der Waals surface area contributed by atoms with Crippen molar-refractivity contribution in [1.82, 2.24) is 4.98 Å². The zero-order chi connectivity index (χ0) is 11.2. The van der Waals surface area contributed by atoms with E-state index in [1.807, 2.05) is 18.2 Å². The van der Waals surface area contributed by atoms with Crippen LogP contribution in [0.3, 0.4) is 0 Å². The quantitative estimate of drug-likeness (QED) is 0.778.